The van der Waals surface area contributed by atoms with Crippen LogP contribution in [0.3, 0.4) is 0 Å². The molecule has 0 aromatic carbocycles. The van der Waals surface area contributed by atoms with Crippen LogP contribution in [0.15, 0.2) is 10.7 Å². The summed E-state index contributed by atoms with van der Waals surface area (Å²) >= 11 is 0. The zero-order valence-electron chi connectivity index (χ0n) is 11.8. The van der Waals surface area contributed by atoms with Crippen molar-refractivity contribution in [1.29, 1.82) is 0 Å². The molecule has 0 saturated carbocycles. The molecule has 2 aliphatic heterocycles. The number of methoxy groups -OCH3 is 1. The molecule has 1 amide bonds. The van der Waals surface area contributed by atoms with Gasteiger partial charge in [-0.25, -0.2) is 8.42 Å². The number of furan rings is 1. The van der Waals surface area contributed by atoms with Crippen LogP contribution in [-0.4, -0.2) is 32.9 Å². The summed E-state index contributed by atoms with van der Waals surface area (Å²) in [5.74, 6) is 0.195. The highest BCUT2D eigenvalue weighted by Gasteiger charge is 2.60. The van der Waals surface area contributed by atoms with E-state index in [-0.39, 0.29) is 17.1 Å². The molecule has 1 saturated heterocycles. The highest BCUT2D eigenvalue weighted by molar-refractivity contribution is 7.91. The van der Waals surface area contributed by atoms with E-state index in [2.05, 4.69) is 0 Å². The SMILES string of the molecule is CO[C@H]1C(=O)N2c3c(coc3C(C)(C)C)CS(=O)(=O)[C@H]12. The summed E-state index contributed by atoms with van der Waals surface area (Å²) in [4.78, 5) is 13.5. The van der Waals surface area contributed by atoms with E-state index in [1.54, 1.807) is 0 Å². The summed E-state index contributed by atoms with van der Waals surface area (Å²) in [6.45, 7) is 5.88. The third-order valence-electron chi connectivity index (χ3n) is 3.73. The molecule has 1 fully saturated rings. The van der Waals surface area contributed by atoms with Crippen LogP contribution < -0.4 is 4.90 Å². The molecule has 3 heterocycles. The summed E-state index contributed by atoms with van der Waals surface area (Å²) in [5.41, 5.74) is 0.849. The van der Waals surface area contributed by atoms with Crippen molar-refractivity contribution in [1.82, 2.24) is 0 Å². The largest absolute Gasteiger partial charge is 0.466 e. The van der Waals surface area contributed by atoms with Crippen molar-refractivity contribution in [3.8, 4) is 0 Å². The molecule has 0 N–H and O–H groups in total. The van der Waals surface area contributed by atoms with Crippen LogP contribution in [0.4, 0.5) is 5.69 Å². The standard InChI is InChI=1S/C13H17NO5S/c1-13(2,3)10-8-7(5-19-10)6-20(16,17)12-9(18-4)11(15)14(8)12/h5,9,12H,6H2,1-4H3/t9-,12+/m0/s1. The Labute approximate surface area is 117 Å². The number of carbonyl (C=O) groups is 1. The quantitative estimate of drug-likeness (QED) is 0.728. The minimum absolute atomic E-state index is 0.115. The van der Waals surface area contributed by atoms with Crippen molar-refractivity contribution in [2.45, 2.75) is 43.4 Å². The number of hydrogen-bond donors (Lipinski definition) is 0. The molecule has 1 aromatic rings. The Bertz CT molecular complexity index is 682. The maximum Gasteiger partial charge on any atom is 0.260 e. The van der Waals surface area contributed by atoms with Crippen molar-refractivity contribution in [3.05, 3.63) is 17.6 Å². The van der Waals surface area contributed by atoms with Gasteiger partial charge in [-0.2, -0.15) is 0 Å². The number of sulfone groups is 1. The second kappa shape index (κ2) is 3.85. The van der Waals surface area contributed by atoms with Gasteiger partial charge in [0.2, 0.25) is 0 Å². The molecule has 0 aliphatic carbocycles. The summed E-state index contributed by atoms with van der Waals surface area (Å²) in [5, 5.41) is -0.925. The van der Waals surface area contributed by atoms with Crippen LogP contribution in [0, 0.1) is 0 Å². The molecular weight excluding hydrogens is 282 g/mol. The molecular formula is C13H17NO5S. The molecule has 3 rings (SSSR count). The first-order valence-corrected chi connectivity index (χ1v) is 8.08. The Morgan fingerprint density at radius 2 is 2.05 bits per heavy atom. The fraction of sp³-hybridized carbons (Fsp3) is 0.615. The second-order valence-corrected chi connectivity index (χ2v) is 8.35. The van der Waals surface area contributed by atoms with Gasteiger partial charge in [0.25, 0.3) is 5.91 Å². The van der Waals surface area contributed by atoms with Crippen LogP contribution in [-0.2, 0) is 30.5 Å². The highest BCUT2D eigenvalue weighted by Crippen LogP contribution is 2.47. The minimum atomic E-state index is -3.44. The summed E-state index contributed by atoms with van der Waals surface area (Å²) in [6.07, 6.45) is 0.535. The predicted octanol–water partition coefficient (Wildman–Crippen LogP) is 1.19. The normalized spacial score (nSPS) is 27.8. The van der Waals surface area contributed by atoms with Crippen LogP contribution in [0.2, 0.25) is 0 Å². The Morgan fingerprint density at radius 1 is 1.40 bits per heavy atom. The Morgan fingerprint density at radius 3 is 2.60 bits per heavy atom. The zero-order valence-corrected chi connectivity index (χ0v) is 12.7. The van der Waals surface area contributed by atoms with E-state index in [0.717, 1.165) is 0 Å². The Balaban J connectivity index is 2.18. The van der Waals surface area contributed by atoms with Gasteiger partial charge in [0.1, 0.15) is 5.76 Å². The van der Waals surface area contributed by atoms with Gasteiger partial charge in [0, 0.05) is 18.1 Å². The van der Waals surface area contributed by atoms with Crippen molar-refractivity contribution >= 4 is 21.4 Å². The van der Waals surface area contributed by atoms with Gasteiger partial charge >= 0.3 is 0 Å². The van der Waals surface area contributed by atoms with E-state index in [0.29, 0.717) is 17.0 Å². The van der Waals surface area contributed by atoms with E-state index in [1.807, 2.05) is 20.8 Å². The number of anilines is 1. The average molecular weight is 299 g/mol. The number of rotatable bonds is 1. The Kier molecular flexibility index (Phi) is 2.63. The fourth-order valence-electron chi connectivity index (χ4n) is 2.83. The molecule has 0 bridgehead atoms. The lowest BCUT2D eigenvalue weighted by Crippen LogP contribution is -2.70. The van der Waals surface area contributed by atoms with E-state index in [1.165, 1.54) is 18.3 Å². The molecule has 0 unspecified atom stereocenters. The first kappa shape index (κ1) is 13.6. The molecule has 2 atom stereocenters. The van der Waals surface area contributed by atoms with Crippen molar-refractivity contribution < 1.29 is 22.4 Å². The molecule has 7 heteroatoms. The van der Waals surface area contributed by atoms with Crippen molar-refractivity contribution in [2.24, 2.45) is 0 Å². The van der Waals surface area contributed by atoms with E-state index < -0.39 is 21.3 Å². The number of amides is 1. The van der Waals surface area contributed by atoms with Crippen LogP contribution in [0.5, 0.6) is 0 Å². The number of nitrogens with zero attached hydrogens (tertiary/aromatic N) is 1. The molecule has 0 radical (unpaired) electrons. The highest BCUT2D eigenvalue weighted by atomic mass is 32.2. The van der Waals surface area contributed by atoms with Crippen LogP contribution in [0.1, 0.15) is 32.1 Å². The molecule has 110 valence electrons. The minimum Gasteiger partial charge on any atom is -0.466 e. The first-order valence-electron chi connectivity index (χ1n) is 6.37. The molecule has 6 nitrogen and oxygen atoms in total. The van der Waals surface area contributed by atoms with Gasteiger partial charge in [-0.3, -0.25) is 9.69 Å². The van der Waals surface area contributed by atoms with Crippen molar-refractivity contribution in [2.75, 3.05) is 12.0 Å². The number of hydrogen-bond acceptors (Lipinski definition) is 5. The third-order valence-corrected chi connectivity index (χ3v) is 5.64. The molecule has 2 aliphatic rings. The van der Waals surface area contributed by atoms with Gasteiger partial charge in [0.15, 0.2) is 21.3 Å². The summed E-state index contributed by atoms with van der Waals surface area (Å²) < 4.78 is 35.1. The van der Waals surface area contributed by atoms with E-state index in [4.69, 9.17) is 9.15 Å². The smallest absolute Gasteiger partial charge is 0.260 e. The molecule has 1 aromatic heterocycles. The van der Waals surface area contributed by atoms with Gasteiger partial charge in [-0.1, -0.05) is 20.8 Å². The maximum absolute atomic E-state index is 12.3. The zero-order chi connectivity index (χ0) is 14.9. The maximum atomic E-state index is 12.3. The monoisotopic (exact) mass is 299 g/mol. The lowest BCUT2D eigenvalue weighted by atomic mass is 9.90. The number of carbonyl (C=O) groups excluding carboxylic acids is 1. The topological polar surface area (TPSA) is 76.8 Å². The summed E-state index contributed by atoms with van der Waals surface area (Å²) in [7, 11) is -2.09. The van der Waals surface area contributed by atoms with Gasteiger partial charge in [-0.05, 0) is 0 Å². The lowest BCUT2D eigenvalue weighted by molar-refractivity contribution is -0.136. The van der Waals surface area contributed by atoms with Gasteiger partial charge < -0.3 is 9.15 Å². The number of β-lactam (4-membered cyclic amide) rings is 1. The predicted molar refractivity (Wildman–Crippen MR) is 72.1 cm³/mol. The second-order valence-electron chi connectivity index (χ2n) is 6.25. The average Bonchev–Trinajstić information content (AvgIpc) is 2.69. The first-order chi connectivity index (χ1) is 9.18. The van der Waals surface area contributed by atoms with E-state index >= 15 is 0 Å². The van der Waals surface area contributed by atoms with Crippen molar-refractivity contribution in [3.63, 3.8) is 0 Å². The van der Waals surface area contributed by atoms with Crippen LogP contribution >= 0.6 is 0 Å². The lowest BCUT2D eigenvalue weighted by Gasteiger charge is -2.48. The molecule has 20 heavy (non-hydrogen) atoms. The molecule has 0 spiro atoms. The van der Waals surface area contributed by atoms with E-state index in [9.17, 15) is 13.2 Å². The Hall–Kier alpha value is -1.34. The summed E-state index contributed by atoms with van der Waals surface area (Å²) in [6, 6.07) is 0. The number of ether oxygens (including phenoxy) is 1. The fourth-order valence-corrected chi connectivity index (χ4v) is 4.77. The van der Waals surface area contributed by atoms with Crippen LogP contribution in [0.25, 0.3) is 0 Å². The number of fused-ring (bicyclic) bond motifs is 3. The third kappa shape index (κ3) is 1.59. The van der Waals surface area contributed by atoms with Gasteiger partial charge in [0.05, 0.1) is 17.7 Å². The van der Waals surface area contributed by atoms with Gasteiger partial charge in [-0.15, -0.1) is 0 Å².